The van der Waals surface area contributed by atoms with Crippen LogP contribution >= 0.6 is 11.6 Å². The van der Waals surface area contributed by atoms with Gasteiger partial charge in [0.1, 0.15) is 17.6 Å². The smallest absolute Gasteiger partial charge is 0.251 e. The third-order valence-electron chi connectivity index (χ3n) is 5.34. The molecule has 5 nitrogen and oxygen atoms in total. The molecule has 1 fully saturated rings. The third kappa shape index (κ3) is 4.22. The van der Waals surface area contributed by atoms with Crippen molar-refractivity contribution in [3.05, 3.63) is 70.6 Å². The van der Waals surface area contributed by atoms with Crippen LogP contribution in [0.4, 0.5) is 4.39 Å². The molecular weight excluding hydrogens is 405 g/mol. The molecule has 1 saturated carbocycles. The van der Waals surface area contributed by atoms with E-state index < -0.39 is 5.82 Å². The van der Waals surface area contributed by atoms with Crippen molar-refractivity contribution in [3.63, 3.8) is 0 Å². The molecule has 152 valence electrons. The Morgan fingerprint density at radius 1 is 1.20 bits per heavy atom. The van der Waals surface area contributed by atoms with Crippen LogP contribution in [0, 0.1) is 17.1 Å². The van der Waals surface area contributed by atoms with Gasteiger partial charge in [-0.1, -0.05) is 17.7 Å². The molecule has 1 amide bonds. The van der Waals surface area contributed by atoms with Crippen LogP contribution in [0.3, 0.4) is 0 Å². The molecule has 30 heavy (non-hydrogen) atoms. The van der Waals surface area contributed by atoms with Gasteiger partial charge < -0.3 is 10.1 Å². The molecule has 0 atom stereocenters. The van der Waals surface area contributed by atoms with E-state index in [4.69, 9.17) is 16.3 Å². The van der Waals surface area contributed by atoms with Gasteiger partial charge >= 0.3 is 0 Å². The number of ether oxygens (including phenoxy) is 1. The van der Waals surface area contributed by atoms with Crippen molar-refractivity contribution in [1.29, 1.82) is 5.26 Å². The van der Waals surface area contributed by atoms with Gasteiger partial charge in [0, 0.05) is 23.2 Å². The Morgan fingerprint density at radius 3 is 2.73 bits per heavy atom. The van der Waals surface area contributed by atoms with Crippen LogP contribution < -0.4 is 10.1 Å². The van der Waals surface area contributed by atoms with Gasteiger partial charge in [0.25, 0.3) is 5.91 Å². The molecule has 1 aliphatic carbocycles. The molecule has 0 unspecified atom stereocenters. The Hall–Kier alpha value is -3.17. The summed E-state index contributed by atoms with van der Waals surface area (Å²) in [4.78, 5) is 16.7. The Balaban J connectivity index is 1.37. The van der Waals surface area contributed by atoms with E-state index in [0.29, 0.717) is 22.4 Å². The number of carbonyl (C=O) groups is 1. The van der Waals surface area contributed by atoms with Gasteiger partial charge in [-0.05, 0) is 62.1 Å². The van der Waals surface area contributed by atoms with E-state index in [9.17, 15) is 14.4 Å². The highest BCUT2D eigenvalue weighted by Crippen LogP contribution is 2.30. The fourth-order valence-electron chi connectivity index (χ4n) is 3.75. The average molecular weight is 424 g/mol. The number of nitrogens with one attached hydrogen (secondary N) is 1. The van der Waals surface area contributed by atoms with Crippen LogP contribution in [0.25, 0.3) is 10.9 Å². The summed E-state index contributed by atoms with van der Waals surface area (Å²) in [6, 6.07) is 13.4. The summed E-state index contributed by atoms with van der Waals surface area (Å²) in [7, 11) is 0. The molecule has 0 aliphatic heterocycles. The summed E-state index contributed by atoms with van der Waals surface area (Å²) in [5.41, 5.74) is 1.50. The summed E-state index contributed by atoms with van der Waals surface area (Å²) in [5, 5.41) is 13.0. The molecule has 3 aromatic rings. The maximum atomic E-state index is 13.3. The minimum Gasteiger partial charge on any atom is -0.490 e. The van der Waals surface area contributed by atoms with Crippen LogP contribution in [-0.4, -0.2) is 23.0 Å². The van der Waals surface area contributed by atoms with Crippen LogP contribution in [0.5, 0.6) is 5.75 Å². The quantitative estimate of drug-likeness (QED) is 0.639. The van der Waals surface area contributed by atoms with Crippen molar-refractivity contribution >= 4 is 28.4 Å². The number of nitriles is 1. The number of carbonyl (C=O) groups excluding carboxylic acids is 1. The molecule has 1 aliphatic rings. The molecule has 2 aromatic carbocycles. The number of amides is 1. The third-order valence-corrected chi connectivity index (χ3v) is 5.63. The van der Waals surface area contributed by atoms with Crippen LogP contribution in [0.15, 0.2) is 48.7 Å². The lowest BCUT2D eigenvalue weighted by molar-refractivity contribution is 0.0895. The van der Waals surface area contributed by atoms with Gasteiger partial charge in [-0.15, -0.1) is 0 Å². The van der Waals surface area contributed by atoms with E-state index in [2.05, 4.69) is 16.4 Å². The highest BCUT2D eigenvalue weighted by atomic mass is 35.5. The molecule has 0 spiro atoms. The number of hydrogen-bond acceptors (Lipinski definition) is 4. The van der Waals surface area contributed by atoms with Crippen molar-refractivity contribution in [2.24, 2.45) is 0 Å². The van der Waals surface area contributed by atoms with E-state index in [0.717, 1.165) is 31.1 Å². The minimum atomic E-state index is -0.545. The molecule has 1 aromatic heterocycles. The topological polar surface area (TPSA) is 75.0 Å². The highest BCUT2D eigenvalue weighted by Gasteiger charge is 2.25. The maximum Gasteiger partial charge on any atom is 0.251 e. The second-order valence-electron chi connectivity index (χ2n) is 7.32. The number of para-hydroxylation sites is 1. The monoisotopic (exact) mass is 423 g/mol. The van der Waals surface area contributed by atoms with Crippen LogP contribution in [0.1, 0.15) is 41.6 Å². The lowest BCUT2D eigenvalue weighted by Gasteiger charge is -2.30. The first-order valence-electron chi connectivity index (χ1n) is 9.75. The van der Waals surface area contributed by atoms with Crippen LogP contribution in [-0.2, 0) is 0 Å². The fourth-order valence-corrected chi connectivity index (χ4v) is 3.93. The maximum absolute atomic E-state index is 13.3. The van der Waals surface area contributed by atoms with Gasteiger partial charge in [0.15, 0.2) is 0 Å². The summed E-state index contributed by atoms with van der Waals surface area (Å²) >= 11 is 5.76. The number of halogens is 2. The first kappa shape index (κ1) is 20.1. The fraction of sp³-hybridized carbons (Fsp3) is 0.261. The number of benzene rings is 2. The van der Waals surface area contributed by atoms with Gasteiger partial charge in [0.2, 0.25) is 0 Å². The summed E-state index contributed by atoms with van der Waals surface area (Å²) in [6.07, 6.45) is 4.80. The number of fused-ring (bicyclic) bond motifs is 1. The molecule has 4 rings (SSSR count). The van der Waals surface area contributed by atoms with Gasteiger partial charge in [-0.2, -0.15) is 5.26 Å². The van der Waals surface area contributed by atoms with Gasteiger partial charge in [-0.25, -0.2) is 4.39 Å². The summed E-state index contributed by atoms with van der Waals surface area (Å²) in [6.45, 7) is 0. The van der Waals surface area contributed by atoms with E-state index >= 15 is 0 Å². The van der Waals surface area contributed by atoms with Crippen molar-refractivity contribution in [2.45, 2.75) is 37.8 Å². The molecule has 1 heterocycles. The van der Waals surface area contributed by atoms with Crippen molar-refractivity contribution in [3.8, 4) is 11.8 Å². The largest absolute Gasteiger partial charge is 0.490 e. The molecule has 7 heteroatoms. The first-order valence-corrected chi connectivity index (χ1v) is 10.1. The Morgan fingerprint density at radius 2 is 2.00 bits per heavy atom. The van der Waals surface area contributed by atoms with E-state index in [1.807, 2.05) is 18.2 Å². The normalized spacial score (nSPS) is 18.6. The predicted molar refractivity (Wildman–Crippen MR) is 112 cm³/mol. The SMILES string of the molecule is N#Cc1cccc2c(O[C@H]3CC[C@H](NC(=O)c4ccc(F)c(Cl)c4)CC3)ccnc12. The summed E-state index contributed by atoms with van der Waals surface area (Å²) in [5.74, 6) is -0.0904. The second-order valence-corrected chi connectivity index (χ2v) is 7.72. The zero-order chi connectivity index (χ0) is 21.1. The van der Waals surface area contributed by atoms with Gasteiger partial charge in [-0.3, -0.25) is 9.78 Å². The molecular formula is C23H19ClFN3O2. The molecule has 0 radical (unpaired) electrons. The lowest BCUT2D eigenvalue weighted by Crippen LogP contribution is -2.39. The highest BCUT2D eigenvalue weighted by molar-refractivity contribution is 6.31. The Labute approximate surface area is 178 Å². The standard InChI is InChI=1S/C23H19ClFN3O2/c24-19-12-14(4-9-20(19)25)23(29)28-16-5-7-17(8-6-16)30-21-10-11-27-22-15(13-26)2-1-3-18(21)22/h1-4,9-12,16-17H,5-8H2,(H,28,29)/t16-,17-. The van der Waals surface area contributed by atoms with Gasteiger partial charge in [0.05, 0.1) is 22.2 Å². The average Bonchev–Trinajstić information content (AvgIpc) is 2.76. The number of nitrogens with zero attached hydrogens (tertiary/aromatic N) is 2. The van der Waals surface area contributed by atoms with E-state index in [-0.39, 0.29) is 23.1 Å². The summed E-state index contributed by atoms with van der Waals surface area (Å²) < 4.78 is 19.5. The zero-order valence-corrected chi connectivity index (χ0v) is 16.8. The molecule has 0 bridgehead atoms. The van der Waals surface area contributed by atoms with E-state index in [1.165, 1.54) is 18.2 Å². The number of pyridine rings is 1. The zero-order valence-electron chi connectivity index (χ0n) is 16.1. The van der Waals surface area contributed by atoms with Crippen molar-refractivity contribution in [1.82, 2.24) is 10.3 Å². The Kier molecular flexibility index (Phi) is 5.82. The molecule has 1 N–H and O–H groups in total. The van der Waals surface area contributed by atoms with Crippen molar-refractivity contribution < 1.29 is 13.9 Å². The number of hydrogen-bond donors (Lipinski definition) is 1. The predicted octanol–water partition coefficient (Wildman–Crippen LogP) is 5.02. The first-order chi connectivity index (χ1) is 14.5. The van der Waals surface area contributed by atoms with Crippen LogP contribution in [0.2, 0.25) is 5.02 Å². The Bertz CT molecular complexity index is 1140. The molecule has 0 saturated heterocycles. The van der Waals surface area contributed by atoms with Crippen molar-refractivity contribution in [2.75, 3.05) is 0 Å². The minimum absolute atomic E-state index is 0.0229. The second kappa shape index (κ2) is 8.68. The number of rotatable bonds is 4. The lowest BCUT2D eigenvalue weighted by atomic mass is 9.92. The van der Waals surface area contributed by atoms with E-state index in [1.54, 1.807) is 12.3 Å². The number of aromatic nitrogens is 1.